The van der Waals surface area contributed by atoms with Crippen molar-refractivity contribution in [3.63, 3.8) is 0 Å². The zero-order valence-corrected chi connectivity index (χ0v) is 15.0. The van der Waals surface area contributed by atoms with Crippen molar-refractivity contribution < 1.29 is 14.3 Å². The lowest BCUT2D eigenvalue weighted by Crippen LogP contribution is -2.32. The molecular weight excluding hydrogens is 316 g/mol. The summed E-state index contributed by atoms with van der Waals surface area (Å²) in [5.41, 5.74) is 1.96. The monoisotopic (exact) mass is 342 g/mol. The van der Waals surface area contributed by atoms with E-state index in [1.165, 1.54) is 0 Å². The molecule has 0 heterocycles. The molecule has 0 saturated carbocycles. The molecule has 0 saturated heterocycles. The second-order valence-corrected chi connectivity index (χ2v) is 5.72. The topological polar surface area (TPSA) is 59.6 Å². The molecule has 1 unspecified atom stereocenters. The van der Waals surface area contributed by atoms with Crippen LogP contribution in [0.5, 0.6) is 11.5 Å². The summed E-state index contributed by atoms with van der Waals surface area (Å²) in [6.45, 7) is 6.93. The van der Waals surface area contributed by atoms with Crippen molar-refractivity contribution in [3.8, 4) is 11.5 Å². The largest absolute Gasteiger partial charge is 0.494 e. The molecule has 2 aromatic rings. The first kappa shape index (κ1) is 18.6. The van der Waals surface area contributed by atoms with Crippen LogP contribution in [0.25, 0.3) is 0 Å². The van der Waals surface area contributed by atoms with Crippen molar-refractivity contribution in [3.05, 3.63) is 54.1 Å². The molecule has 1 atom stereocenters. The van der Waals surface area contributed by atoms with E-state index in [4.69, 9.17) is 9.47 Å². The van der Waals surface area contributed by atoms with Gasteiger partial charge in [0.15, 0.2) is 6.73 Å². The van der Waals surface area contributed by atoms with E-state index in [1.807, 2.05) is 55.5 Å². The van der Waals surface area contributed by atoms with Crippen molar-refractivity contribution in [2.75, 3.05) is 18.7 Å². The minimum atomic E-state index is -0.290. The lowest BCUT2D eigenvalue weighted by molar-refractivity contribution is 0.234. The highest BCUT2D eigenvalue weighted by molar-refractivity contribution is 5.90. The van der Waals surface area contributed by atoms with Gasteiger partial charge in [-0.2, -0.15) is 0 Å². The second-order valence-electron chi connectivity index (χ2n) is 5.72. The minimum absolute atomic E-state index is 0.0886. The highest BCUT2D eigenvalue weighted by Crippen LogP contribution is 2.26. The predicted molar refractivity (Wildman–Crippen MR) is 100 cm³/mol. The van der Waals surface area contributed by atoms with E-state index < -0.39 is 0 Å². The fourth-order valence-corrected chi connectivity index (χ4v) is 2.41. The van der Waals surface area contributed by atoms with Gasteiger partial charge in [-0.3, -0.25) is 0 Å². The number of para-hydroxylation sites is 1. The molecule has 0 aliphatic rings. The van der Waals surface area contributed by atoms with Crippen LogP contribution in [-0.4, -0.2) is 19.4 Å². The first-order valence-electron chi connectivity index (χ1n) is 8.63. The SMILES string of the molecule is CCOc1ccc(OCNC(=O)Nc2ccccc2C(C)CC)cc1. The number of hydrogen-bond acceptors (Lipinski definition) is 3. The van der Waals surface area contributed by atoms with E-state index in [1.54, 1.807) is 0 Å². The van der Waals surface area contributed by atoms with Gasteiger partial charge in [-0.1, -0.05) is 32.0 Å². The number of carbonyl (C=O) groups is 1. The Labute approximate surface area is 149 Å². The Balaban J connectivity index is 1.83. The van der Waals surface area contributed by atoms with Crippen LogP contribution in [0.2, 0.25) is 0 Å². The number of urea groups is 1. The van der Waals surface area contributed by atoms with Crippen LogP contribution in [0.15, 0.2) is 48.5 Å². The van der Waals surface area contributed by atoms with Gasteiger partial charge in [-0.25, -0.2) is 4.79 Å². The van der Waals surface area contributed by atoms with Gasteiger partial charge in [0.25, 0.3) is 0 Å². The molecule has 2 rings (SSSR count). The summed E-state index contributed by atoms with van der Waals surface area (Å²) in [5.74, 6) is 1.85. The van der Waals surface area contributed by atoms with Crippen molar-refractivity contribution in [1.29, 1.82) is 0 Å². The Morgan fingerprint density at radius 2 is 1.64 bits per heavy atom. The predicted octanol–water partition coefficient (Wildman–Crippen LogP) is 4.76. The van der Waals surface area contributed by atoms with Gasteiger partial charge in [0, 0.05) is 5.69 Å². The molecule has 0 aromatic heterocycles. The Kier molecular flexibility index (Phi) is 7.14. The Hall–Kier alpha value is -2.69. The average Bonchev–Trinajstić information content (AvgIpc) is 2.63. The number of amides is 2. The number of nitrogens with one attached hydrogen (secondary N) is 2. The molecule has 5 heteroatoms. The highest BCUT2D eigenvalue weighted by Gasteiger charge is 2.10. The lowest BCUT2D eigenvalue weighted by Gasteiger charge is -2.16. The third kappa shape index (κ3) is 5.71. The summed E-state index contributed by atoms with van der Waals surface area (Å²) in [5, 5.41) is 5.59. The maximum absolute atomic E-state index is 12.1. The van der Waals surface area contributed by atoms with E-state index in [0.717, 1.165) is 23.4 Å². The zero-order valence-electron chi connectivity index (χ0n) is 15.0. The van der Waals surface area contributed by atoms with Gasteiger partial charge in [0.05, 0.1) is 6.61 Å². The van der Waals surface area contributed by atoms with Gasteiger partial charge in [0.2, 0.25) is 0 Å². The molecule has 0 radical (unpaired) electrons. The van der Waals surface area contributed by atoms with E-state index in [0.29, 0.717) is 18.3 Å². The Morgan fingerprint density at radius 1 is 1.00 bits per heavy atom. The highest BCUT2D eigenvalue weighted by atomic mass is 16.5. The molecule has 0 fully saturated rings. The second kappa shape index (κ2) is 9.57. The van der Waals surface area contributed by atoms with Gasteiger partial charge >= 0.3 is 6.03 Å². The standard InChI is InChI=1S/C20H26N2O3/c1-4-15(3)18-8-6-7-9-19(18)22-20(23)21-14-25-17-12-10-16(11-13-17)24-5-2/h6-13,15H,4-5,14H2,1-3H3,(H2,21,22,23). The number of hydrogen-bond donors (Lipinski definition) is 2. The Bertz CT molecular complexity index is 671. The smallest absolute Gasteiger partial charge is 0.321 e. The molecule has 134 valence electrons. The van der Waals surface area contributed by atoms with Crippen molar-refractivity contribution in [2.45, 2.75) is 33.1 Å². The third-order valence-corrected chi connectivity index (χ3v) is 3.96. The molecule has 0 spiro atoms. The fraction of sp³-hybridized carbons (Fsp3) is 0.350. The number of benzene rings is 2. The van der Waals surface area contributed by atoms with E-state index in [9.17, 15) is 4.79 Å². The maximum Gasteiger partial charge on any atom is 0.321 e. The number of carbonyl (C=O) groups excluding carboxylic acids is 1. The summed E-state index contributed by atoms with van der Waals surface area (Å²) in [6, 6.07) is 14.8. The first-order chi connectivity index (χ1) is 12.1. The first-order valence-corrected chi connectivity index (χ1v) is 8.63. The molecule has 2 N–H and O–H groups in total. The van der Waals surface area contributed by atoms with Crippen LogP contribution in [0, 0.1) is 0 Å². The van der Waals surface area contributed by atoms with Crippen LogP contribution < -0.4 is 20.1 Å². The van der Waals surface area contributed by atoms with E-state index in [2.05, 4.69) is 24.5 Å². The van der Waals surface area contributed by atoms with Crippen LogP contribution >= 0.6 is 0 Å². The summed E-state index contributed by atoms with van der Waals surface area (Å²) in [7, 11) is 0. The van der Waals surface area contributed by atoms with Crippen molar-refractivity contribution in [2.24, 2.45) is 0 Å². The van der Waals surface area contributed by atoms with Gasteiger partial charge in [0.1, 0.15) is 11.5 Å². The zero-order chi connectivity index (χ0) is 18.1. The summed E-state index contributed by atoms with van der Waals surface area (Å²) < 4.78 is 10.9. The average molecular weight is 342 g/mol. The molecule has 0 bridgehead atoms. The van der Waals surface area contributed by atoms with Crippen LogP contribution in [-0.2, 0) is 0 Å². The van der Waals surface area contributed by atoms with Crippen LogP contribution in [0.3, 0.4) is 0 Å². The van der Waals surface area contributed by atoms with Crippen LogP contribution in [0.1, 0.15) is 38.7 Å². The summed E-state index contributed by atoms with van der Waals surface area (Å²) in [4.78, 5) is 12.1. The molecule has 2 aromatic carbocycles. The maximum atomic E-state index is 12.1. The molecule has 0 aliphatic carbocycles. The lowest BCUT2D eigenvalue weighted by atomic mass is 9.97. The van der Waals surface area contributed by atoms with E-state index in [-0.39, 0.29) is 12.8 Å². The summed E-state index contributed by atoms with van der Waals surface area (Å²) in [6.07, 6.45) is 1.02. The Morgan fingerprint density at radius 3 is 2.28 bits per heavy atom. The molecular formula is C20H26N2O3. The number of anilines is 1. The van der Waals surface area contributed by atoms with Crippen LogP contribution in [0.4, 0.5) is 10.5 Å². The third-order valence-electron chi connectivity index (χ3n) is 3.96. The van der Waals surface area contributed by atoms with Gasteiger partial charge in [-0.05, 0) is 55.2 Å². The number of ether oxygens (including phenoxy) is 2. The minimum Gasteiger partial charge on any atom is -0.494 e. The normalized spacial score (nSPS) is 11.5. The van der Waals surface area contributed by atoms with E-state index >= 15 is 0 Å². The fourth-order valence-electron chi connectivity index (χ4n) is 2.41. The molecule has 25 heavy (non-hydrogen) atoms. The molecule has 0 aliphatic heterocycles. The van der Waals surface area contributed by atoms with Crippen molar-refractivity contribution >= 4 is 11.7 Å². The summed E-state index contributed by atoms with van der Waals surface area (Å²) >= 11 is 0. The van der Waals surface area contributed by atoms with Crippen molar-refractivity contribution in [1.82, 2.24) is 5.32 Å². The molecule has 5 nitrogen and oxygen atoms in total. The quantitative estimate of drug-likeness (QED) is 0.680. The van der Waals surface area contributed by atoms with Gasteiger partial charge < -0.3 is 20.1 Å². The molecule has 2 amide bonds. The van der Waals surface area contributed by atoms with Gasteiger partial charge in [-0.15, -0.1) is 0 Å². The number of rotatable bonds is 8.